The molecular weight excluding hydrogens is 728 g/mol. The first-order valence-corrected chi connectivity index (χ1v) is 15.0. The van der Waals surface area contributed by atoms with Gasteiger partial charge in [0.2, 0.25) is 12.1 Å². The molecule has 4 aromatic carbocycles. The van der Waals surface area contributed by atoms with Crippen LogP contribution in [0.1, 0.15) is 27.7 Å². The fourth-order valence-electron chi connectivity index (χ4n) is 3.88. The van der Waals surface area contributed by atoms with Gasteiger partial charge in [0, 0.05) is 44.1 Å². The van der Waals surface area contributed by atoms with Crippen molar-refractivity contribution in [1.29, 1.82) is 0 Å². The van der Waals surface area contributed by atoms with Crippen LogP contribution in [0.25, 0.3) is 11.1 Å². The Bertz CT molecular complexity index is 1630. The second kappa shape index (κ2) is 21.1. The molecule has 1 radical (unpaired) electrons. The minimum atomic E-state index is -1.35. The summed E-state index contributed by atoms with van der Waals surface area (Å²) in [6.45, 7) is 6.51. The second-order valence-corrected chi connectivity index (χ2v) is 10.3. The Kier molecular flexibility index (Phi) is 18.5. The average molecular weight is 764 g/mol. The van der Waals surface area contributed by atoms with Crippen LogP contribution >= 0.6 is 23.2 Å². The average Bonchev–Trinajstić information content (AvgIpc) is 3.04. The van der Waals surface area contributed by atoms with Crippen molar-refractivity contribution in [3.8, 4) is 11.1 Å². The maximum absolute atomic E-state index is 12.6. The molecule has 2 N–H and O–H groups in total. The van der Waals surface area contributed by atoms with Gasteiger partial charge in [0.15, 0.2) is 11.6 Å². The number of nitrogens with zero attached hydrogens (tertiary/aromatic N) is 4. The van der Waals surface area contributed by atoms with E-state index >= 15 is 0 Å². The Hall–Kier alpha value is -3.96. The standard InChI is InChI=1S/C32H26Cl2N6O4.C2H6.CH3.Y/c1-19(41)29(31(43)35-23-9-5-3-6-10-23)39-37-27-15-13-21(17-25(27)33)22-14-16-28(26(34)18-22)38-40-30(20(2)42)32(44)36-24-11-7-4-8-12-24;1-2;;/h3-18,29-30H,1-2H3,(H,35,43)(H,36,44);1-2H3;1H3;/q;;-1;. The number of benzene rings is 4. The van der Waals surface area contributed by atoms with Crippen molar-refractivity contribution in [2.75, 3.05) is 10.6 Å². The summed E-state index contributed by atoms with van der Waals surface area (Å²) < 4.78 is 0. The first-order valence-electron chi connectivity index (χ1n) is 14.3. The molecule has 247 valence electrons. The molecule has 0 spiro atoms. The van der Waals surface area contributed by atoms with Gasteiger partial charge in [0.25, 0.3) is 11.8 Å². The molecule has 0 heterocycles. The predicted octanol–water partition coefficient (Wildman–Crippen LogP) is 9.49. The number of para-hydroxylation sites is 2. The van der Waals surface area contributed by atoms with E-state index in [2.05, 4.69) is 31.1 Å². The Morgan fingerprint density at radius 3 is 1.21 bits per heavy atom. The van der Waals surface area contributed by atoms with Gasteiger partial charge >= 0.3 is 0 Å². The van der Waals surface area contributed by atoms with Crippen molar-refractivity contribution in [3.63, 3.8) is 0 Å². The van der Waals surface area contributed by atoms with Crippen molar-refractivity contribution >= 4 is 69.3 Å². The van der Waals surface area contributed by atoms with Crippen molar-refractivity contribution in [2.45, 2.75) is 39.8 Å². The van der Waals surface area contributed by atoms with Crippen LogP contribution in [-0.4, -0.2) is 35.5 Å². The van der Waals surface area contributed by atoms with E-state index in [1.54, 1.807) is 97.1 Å². The molecule has 0 saturated carbocycles. The number of amides is 2. The summed E-state index contributed by atoms with van der Waals surface area (Å²) in [6.07, 6.45) is 0. The maximum atomic E-state index is 12.6. The molecular formula is C35H35Cl2N6O4Y-. The number of carbonyl (C=O) groups excluding carboxylic acids is 4. The van der Waals surface area contributed by atoms with Crippen molar-refractivity contribution in [3.05, 3.63) is 115 Å². The number of rotatable bonds is 11. The number of anilines is 2. The number of Topliss-reactive ketones (excluding diaryl/α,β-unsaturated/α-hetero) is 2. The zero-order valence-corrected chi connectivity index (χ0v) is 31.5. The third-order valence-corrected chi connectivity index (χ3v) is 6.75. The fourth-order valence-corrected chi connectivity index (χ4v) is 4.31. The fraction of sp³-hybridized carbons (Fsp3) is 0.171. The van der Waals surface area contributed by atoms with E-state index < -0.39 is 35.5 Å². The van der Waals surface area contributed by atoms with Crippen LogP contribution in [0.3, 0.4) is 0 Å². The normalized spacial score (nSPS) is 11.6. The molecule has 0 aliphatic rings. The number of halogens is 2. The van der Waals surface area contributed by atoms with Crippen LogP contribution in [0.15, 0.2) is 118 Å². The number of nitrogens with one attached hydrogen (secondary N) is 2. The summed E-state index contributed by atoms with van der Waals surface area (Å²) in [5, 5.41) is 21.7. The first kappa shape index (κ1) is 42.1. The molecule has 13 heteroatoms. The second-order valence-electron chi connectivity index (χ2n) is 9.50. The van der Waals surface area contributed by atoms with Crippen LogP contribution in [0.4, 0.5) is 22.7 Å². The summed E-state index contributed by atoms with van der Waals surface area (Å²) in [5.74, 6) is -2.18. The van der Waals surface area contributed by atoms with E-state index in [1.807, 2.05) is 13.8 Å². The molecule has 0 saturated heterocycles. The molecule has 0 aromatic heterocycles. The van der Waals surface area contributed by atoms with Crippen molar-refractivity contribution in [1.82, 2.24) is 0 Å². The van der Waals surface area contributed by atoms with Crippen molar-refractivity contribution in [2.24, 2.45) is 20.5 Å². The van der Waals surface area contributed by atoms with E-state index in [-0.39, 0.29) is 61.6 Å². The molecule has 4 aromatic rings. The number of azo groups is 2. The molecule has 2 atom stereocenters. The maximum Gasteiger partial charge on any atom is 0.258 e. The molecule has 0 aliphatic carbocycles. The van der Waals surface area contributed by atoms with E-state index in [0.717, 1.165) is 0 Å². The molecule has 10 nitrogen and oxygen atoms in total. The number of hydrogen-bond donors (Lipinski definition) is 2. The van der Waals surface area contributed by atoms with Gasteiger partial charge in [-0.2, -0.15) is 20.5 Å². The van der Waals surface area contributed by atoms with E-state index in [0.29, 0.717) is 22.5 Å². The van der Waals surface area contributed by atoms with Gasteiger partial charge in [-0.15, -0.1) is 0 Å². The van der Waals surface area contributed by atoms with Gasteiger partial charge in [0.1, 0.15) is 11.4 Å². The minimum absolute atomic E-state index is 0. The number of ketones is 2. The summed E-state index contributed by atoms with van der Waals surface area (Å²) in [4.78, 5) is 49.4. The summed E-state index contributed by atoms with van der Waals surface area (Å²) in [5.41, 5.74) is 2.95. The molecule has 0 aliphatic heterocycles. The van der Waals surface area contributed by atoms with Crippen LogP contribution in [0.2, 0.25) is 10.0 Å². The van der Waals surface area contributed by atoms with Crippen LogP contribution in [0.5, 0.6) is 0 Å². The molecule has 0 bridgehead atoms. The Labute approximate surface area is 315 Å². The minimum Gasteiger partial charge on any atom is -0.358 e. The van der Waals surface area contributed by atoms with Gasteiger partial charge in [-0.1, -0.05) is 85.6 Å². The molecule has 2 unspecified atom stereocenters. The Morgan fingerprint density at radius 2 is 0.917 bits per heavy atom. The Morgan fingerprint density at radius 1 is 0.583 bits per heavy atom. The van der Waals surface area contributed by atoms with Gasteiger partial charge in [-0.05, 0) is 73.5 Å². The first-order chi connectivity index (χ1) is 22.1. The predicted molar refractivity (Wildman–Crippen MR) is 188 cm³/mol. The van der Waals surface area contributed by atoms with Gasteiger partial charge in [-0.25, -0.2) is 0 Å². The smallest absolute Gasteiger partial charge is 0.258 e. The number of carbonyl (C=O) groups is 4. The van der Waals surface area contributed by atoms with Crippen LogP contribution < -0.4 is 10.6 Å². The quantitative estimate of drug-likeness (QED) is 0.0892. The van der Waals surface area contributed by atoms with Gasteiger partial charge in [-0.3, -0.25) is 19.2 Å². The number of hydrogen-bond acceptors (Lipinski definition) is 8. The van der Waals surface area contributed by atoms with Crippen LogP contribution in [-0.2, 0) is 51.9 Å². The van der Waals surface area contributed by atoms with E-state index in [4.69, 9.17) is 23.2 Å². The zero-order valence-electron chi connectivity index (χ0n) is 27.1. The summed E-state index contributed by atoms with van der Waals surface area (Å²) in [7, 11) is 0. The largest absolute Gasteiger partial charge is 0.358 e. The van der Waals surface area contributed by atoms with E-state index in [9.17, 15) is 19.2 Å². The zero-order chi connectivity index (χ0) is 33.6. The van der Waals surface area contributed by atoms with E-state index in [1.165, 1.54) is 13.8 Å². The third-order valence-electron chi connectivity index (χ3n) is 6.14. The van der Waals surface area contributed by atoms with Gasteiger partial charge < -0.3 is 18.1 Å². The van der Waals surface area contributed by atoms with Gasteiger partial charge in [0.05, 0.1) is 10.0 Å². The molecule has 4 rings (SSSR count). The Balaban J connectivity index is 0.00000283. The molecule has 48 heavy (non-hydrogen) atoms. The van der Waals surface area contributed by atoms with Crippen LogP contribution in [0, 0.1) is 7.43 Å². The monoisotopic (exact) mass is 762 g/mol. The summed E-state index contributed by atoms with van der Waals surface area (Å²) in [6, 6.07) is 24.6. The van der Waals surface area contributed by atoms with Crippen molar-refractivity contribution < 1.29 is 51.9 Å². The SMILES string of the molecule is CC.CC(=O)C(N=Nc1ccc(-c2ccc(N=NC(C(C)=O)C(=O)Nc3ccccc3)c(Cl)c2)cc1Cl)C(=O)Nc1ccccc1.[CH3-].[Y]. The third kappa shape index (κ3) is 12.2. The topological polar surface area (TPSA) is 142 Å². The molecule has 2 amide bonds. The summed E-state index contributed by atoms with van der Waals surface area (Å²) >= 11 is 12.9. The molecule has 0 fully saturated rings.